The van der Waals surface area contributed by atoms with Gasteiger partial charge in [-0.1, -0.05) is 6.92 Å². The summed E-state index contributed by atoms with van der Waals surface area (Å²) in [5.74, 6) is -0.359. The first-order chi connectivity index (χ1) is 9.30. The second-order valence-corrected chi connectivity index (χ2v) is 5.96. The summed E-state index contributed by atoms with van der Waals surface area (Å²) in [6.07, 6.45) is 0.669. The number of rotatable bonds is 11. The van der Waals surface area contributed by atoms with Gasteiger partial charge < -0.3 is 14.4 Å². The van der Waals surface area contributed by atoms with Gasteiger partial charge in [0.25, 0.3) is 0 Å². The van der Waals surface area contributed by atoms with Gasteiger partial charge in [0.05, 0.1) is 25.4 Å². The molecular weight excluding hydrogens is 287 g/mol. The molecule has 0 aromatic rings. The first-order valence-electron chi connectivity index (χ1n) is 6.64. The van der Waals surface area contributed by atoms with Crippen molar-refractivity contribution in [2.24, 2.45) is 0 Å². The Labute approximate surface area is 120 Å². The summed E-state index contributed by atoms with van der Waals surface area (Å²) in [7, 11) is -2.59. The highest BCUT2D eigenvalue weighted by molar-refractivity contribution is 7.47. The lowest BCUT2D eigenvalue weighted by molar-refractivity contribution is -0.147. The fraction of sp³-hybridized carbons (Fsp3) is 0.917. The maximum atomic E-state index is 11.5. The van der Waals surface area contributed by atoms with Crippen molar-refractivity contribution in [1.82, 2.24) is 0 Å². The van der Waals surface area contributed by atoms with Crippen molar-refractivity contribution in [2.45, 2.75) is 52.2 Å². The van der Waals surface area contributed by atoms with E-state index in [-0.39, 0.29) is 37.8 Å². The molecule has 8 heteroatoms. The van der Waals surface area contributed by atoms with Gasteiger partial charge in [-0.3, -0.25) is 13.8 Å². The van der Waals surface area contributed by atoms with Crippen LogP contribution in [0.1, 0.15) is 40.0 Å². The lowest BCUT2D eigenvalue weighted by atomic mass is 10.3. The normalized spacial score (nSPS) is 15.9. The minimum absolute atomic E-state index is 0.0177. The Morgan fingerprint density at radius 1 is 1.30 bits per heavy atom. The number of hydrogen-bond acceptors (Lipinski definition) is 6. The molecule has 0 heterocycles. The summed E-state index contributed by atoms with van der Waals surface area (Å²) in [5.41, 5.74) is 0. The van der Waals surface area contributed by atoms with Crippen molar-refractivity contribution >= 4 is 13.8 Å². The van der Waals surface area contributed by atoms with E-state index in [1.165, 1.54) is 7.11 Å². The Balaban J connectivity index is 3.82. The third kappa shape index (κ3) is 10.3. The minimum atomic E-state index is -4.09. The number of hydrogen-bond donors (Lipinski definition) is 1. The molecule has 0 aliphatic rings. The van der Waals surface area contributed by atoms with Gasteiger partial charge >= 0.3 is 13.8 Å². The van der Waals surface area contributed by atoms with Crippen molar-refractivity contribution in [3.63, 3.8) is 0 Å². The van der Waals surface area contributed by atoms with Crippen LogP contribution in [0.3, 0.4) is 0 Å². The predicted molar refractivity (Wildman–Crippen MR) is 73.3 cm³/mol. The maximum Gasteiger partial charge on any atom is 0.472 e. The Bertz CT molecular complexity index is 315. The lowest BCUT2D eigenvalue weighted by Crippen LogP contribution is -2.16. The van der Waals surface area contributed by atoms with Gasteiger partial charge in [-0.05, 0) is 26.7 Å². The van der Waals surface area contributed by atoms with Gasteiger partial charge in [0.2, 0.25) is 0 Å². The molecule has 0 aliphatic carbocycles. The van der Waals surface area contributed by atoms with E-state index in [2.05, 4.69) is 0 Å². The average molecular weight is 312 g/mol. The van der Waals surface area contributed by atoms with Crippen molar-refractivity contribution in [3.05, 3.63) is 0 Å². The van der Waals surface area contributed by atoms with E-state index in [0.717, 1.165) is 0 Å². The first-order valence-corrected chi connectivity index (χ1v) is 8.14. The molecule has 7 nitrogen and oxygen atoms in total. The third-order valence-corrected chi connectivity index (χ3v) is 3.34. The highest BCUT2D eigenvalue weighted by Gasteiger charge is 2.22. The van der Waals surface area contributed by atoms with Crippen LogP contribution in [-0.2, 0) is 27.9 Å². The van der Waals surface area contributed by atoms with E-state index in [4.69, 9.17) is 18.5 Å². The zero-order valence-corrected chi connectivity index (χ0v) is 13.4. The number of carbonyl (C=O) groups is 1. The van der Waals surface area contributed by atoms with Crippen molar-refractivity contribution in [3.8, 4) is 0 Å². The Morgan fingerprint density at radius 2 is 1.95 bits per heavy atom. The predicted octanol–water partition coefficient (Wildman–Crippen LogP) is 2.28. The molecule has 2 atom stereocenters. The van der Waals surface area contributed by atoms with Crippen molar-refractivity contribution in [2.75, 3.05) is 20.3 Å². The number of phosphoric acid groups is 1. The summed E-state index contributed by atoms with van der Waals surface area (Å²) in [4.78, 5) is 20.6. The molecule has 0 aromatic heterocycles. The van der Waals surface area contributed by atoms with Gasteiger partial charge in [0, 0.05) is 13.5 Å². The van der Waals surface area contributed by atoms with Crippen molar-refractivity contribution in [1.29, 1.82) is 0 Å². The molecule has 120 valence electrons. The molecule has 0 aromatic carbocycles. The van der Waals surface area contributed by atoms with Crippen molar-refractivity contribution < 1.29 is 32.8 Å². The summed E-state index contributed by atoms with van der Waals surface area (Å²) in [5, 5.41) is 0. The van der Waals surface area contributed by atoms with Crippen LogP contribution in [0.15, 0.2) is 0 Å². The summed E-state index contributed by atoms with van der Waals surface area (Å²) < 4.78 is 31.0. The third-order valence-electron chi connectivity index (χ3n) is 2.36. The number of phosphoric ester groups is 1. The molecular formula is C12H25O7P. The van der Waals surface area contributed by atoms with Crippen LogP contribution in [-0.4, -0.2) is 43.4 Å². The van der Waals surface area contributed by atoms with Crippen LogP contribution in [0.25, 0.3) is 0 Å². The van der Waals surface area contributed by atoms with Gasteiger partial charge in [-0.25, -0.2) is 4.57 Å². The van der Waals surface area contributed by atoms with E-state index < -0.39 is 7.82 Å². The summed E-state index contributed by atoms with van der Waals surface area (Å²) in [6.45, 7) is 5.32. The fourth-order valence-electron chi connectivity index (χ4n) is 1.29. The Hall–Kier alpha value is -0.460. The smallest absolute Gasteiger partial charge is 0.463 e. The number of ether oxygens (including phenoxy) is 2. The maximum absolute atomic E-state index is 11.5. The molecule has 0 rings (SSSR count). The zero-order chi connectivity index (χ0) is 15.6. The molecule has 1 unspecified atom stereocenters. The molecule has 0 saturated carbocycles. The van der Waals surface area contributed by atoms with Crippen LogP contribution in [0, 0.1) is 0 Å². The highest BCUT2D eigenvalue weighted by atomic mass is 31.2. The highest BCUT2D eigenvalue weighted by Crippen LogP contribution is 2.43. The molecule has 20 heavy (non-hydrogen) atoms. The quantitative estimate of drug-likeness (QED) is 0.355. The number of esters is 1. The average Bonchev–Trinajstić information content (AvgIpc) is 2.35. The first kappa shape index (κ1) is 19.5. The molecule has 0 aliphatic heterocycles. The molecule has 1 N–H and O–H groups in total. The SMILES string of the molecule is CC[C@@H](COP(=O)(O)OCCCC(=O)OC(C)C)OC. The summed E-state index contributed by atoms with van der Waals surface area (Å²) in [6, 6.07) is 0. The van der Waals surface area contributed by atoms with Gasteiger partial charge in [0.1, 0.15) is 0 Å². The van der Waals surface area contributed by atoms with E-state index in [0.29, 0.717) is 12.8 Å². The Kier molecular flexibility index (Phi) is 10.1. The molecule has 0 fully saturated rings. The van der Waals surface area contributed by atoms with E-state index in [9.17, 15) is 14.3 Å². The molecule has 0 amide bonds. The fourth-order valence-corrected chi connectivity index (χ4v) is 2.07. The molecule has 0 radical (unpaired) electrons. The monoisotopic (exact) mass is 312 g/mol. The minimum Gasteiger partial charge on any atom is -0.463 e. The van der Waals surface area contributed by atoms with E-state index in [1.807, 2.05) is 6.92 Å². The molecule has 0 saturated heterocycles. The van der Waals surface area contributed by atoms with E-state index >= 15 is 0 Å². The largest absolute Gasteiger partial charge is 0.472 e. The Morgan fingerprint density at radius 3 is 2.45 bits per heavy atom. The number of carbonyl (C=O) groups excluding carboxylic acids is 1. The lowest BCUT2D eigenvalue weighted by Gasteiger charge is -2.16. The standard InChI is InChI=1S/C12H25O7P/c1-5-11(16-4)9-18-20(14,15)17-8-6-7-12(13)19-10(2)3/h10-11H,5-9H2,1-4H3,(H,14,15)/t11-/m0/s1. The zero-order valence-electron chi connectivity index (χ0n) is 12.5. The van der Waals surface area contributed by atoms with Gasteiger partial charge in [-0.2, -0.15) is 0 Å². The van der Waals surface area contributed by atoms with Crippen LogP contribution in [0.5, 0.6) is 0 Å². The van der Waals surface area contributed by atoms with Crippen LogP contribution >= 0.6 is 7.82 Å². The van der Waals surface area contributed by atoms with Crippen LogP contribution in [0.2, 0.25) is 0 Å². The van der Waals surface area contributed by atoms with E-state index in [1.54, 1.807) is 13.8 Å². The van der Waals surface area contributed by atoms with Gasteiger partial charge in [-0.15, -0.1) is 0 Å². The number of methoxy groups -OCH3 is 1. The van der Waals surface area contributed by atoms with Crippen LogP contribution < -0.4 is 0 Å². The van der Waals surface area contributed by atoms with Gasteiger partial charge in [0.15, 0.2) is 0 Å². The summed E-state index contributed by atoms with van der Waals surface area (Å²) >= 11 is 0. The molecule has 0 spiro atoms. The topological polar surface area (TPSA) is 91.3 Å². The molecule has 0 bridgehead atoms. The second-order valence-electron chi connectivity index (χ2n) is 4.51. The second kappa shape index (κ2) is 10.3. The van der Waals surface area contributed by atoms with Crippen LogP contribution in [0.4, 0.5) is 0 Å².